The minimum Gasteiger partial charge on any atom is -0.390 e. The predicted molar refractivity (Wildman–Crippen MR) is 151 cm³/mol. The van der Waals surface area contributed by atoms with E-state index in [2.05, 4.69) is 52.2 Å². The molecule has 5 atom stereocenters. The van der Waals surface area contributed by atoms with Crippen molar-refractivity contribution < 1.29 is 10.2 Å². The van der Waals surface area contributed by atoms with Gasteiger partial charge in [0, 0.05) is 31.2 Å². The van der Waals surface area contributed by atoms with Crippen molar-refractivity contribution in [2.45, 2.75) is 88.3 Å². The second-order valence-corrected chi connectivity index (χ2v) is 12.2. The van der Waals surface area contributed by atoms with Crippen LogP contribution in [-0.2, 0) is 6.42 Å². The van der Waals surface area contributed by atoms with Gasteiger partial charge in [-0.2, -0.15) is 0 Å². The first-order chi connectivity index (χ1) is 17.8. The predicted octanol–water partition coefficient (Wildman–Crippen LogP) is 5.06. The molecule has 3 aliphatic rings. The number of aromatic nitrogens is 1. The number of para-hydroxylation sites is 1. The van der Waals surface area contributed by atoms with Gasteiger partial charge in [-0.05, 0) is 92.6 Å². The Kier molecular flexibility index (Phi) is 7.69. The quantitative estimate of drug-likeness (QED) is 0.206. The molecule has 1 heterocycles. The second-order valence-electron chi connectivity index (χ2n) is 12.2. The summed E-state index contributed by atoms with van der Waals surface area (Å²) in [5, 5.41) is 28.8. The summed E-state index contributed by atoms with van der Waals surface area (Å²) in [6, 6.07) is 10.6. The number of nitrogens with two attached hydrogens (primary N) is 1. The maximum absolute atomic E-state index is 12.4. The van der Waals surface area contributed by atoms with E-state index < -0.39 is 11.2 Å². The van der Waals surface area contributed by atoms with Crippen molar-refractivity contribution in [3.8, 4) is 0 Å². The zero-order valence-electron chi connectivity index (χ0n) is 22.5. The smallest absolute Gasteiger partial charge is 0.188 e. The summed E-state index contributed by atoms with van der Waals surface area (Å²) in [4.78, 5) is 7.56. The van der Waals surface area contributed by atoms with Crippen LogP contribution in [-0.4, -0.2) is 46.0 Å². The van der Waals surface area contributed by atoms with Gasteiger partial charge in [0.15, 0.2) is 5.96 Å². The van der Waals surface area contributed by atoms with Gasteiger partial charge in [-0.3, -0.25) is 4.99 Å². The topological polar surface area (TPSA) is 107 Å². The molecule has 6 N–H and O–H groups in total. The number of aliphatic imine (C=N–C) groups is 1. The summed E-state index contributed by atoms with van der Waals surface area (Å²) < 4.78 is 0. The molecule has 0 radical (unpaired) electrons. The Morgan fingerprint density at radius 1 is 1.11 bits per heavy atom. The molecule has 0 saturated heterocycles. The van der Waals surface area contributed by atoms with Gasteiger partial charge in [0.05, 0.1) is 11.2 Å². The molecular weight excluding hydrogens is 460 g/mol. The lowest BCUT2D eigenvalue weighted by Gasteiger charge is -2.45. The Morgan fingerprint density at radius 2 is 1.89 bits per heavy atom. The Hall–Kier alpha value is -2.31. The third-order valence-corrected chi connectivity index (χ3v) is 10.1. The normalized spacial score (nSPS) is 33.3. The lowest BCUT2D eigenvalue weighted by molar-refractivity contribution is -0.113. The summed E-state index contributed by atoms with van der Waals surface area (Å²) in [6.45, 7) is 5.16. The van der Waals surface area contributed by atoms with Crippen molar-refractivity contribution in [3.63, 3.8) is 0 Å². The number of rotatable bonds is 7. The van der Waals surface area contributed by atoms with Gasteiger partial charge in [-0.25, -0.2) is 0 Å². The summed E-state index contributed by atoms with van der Waals surface area (Å²) in [5.41, 5.74) is 7.93. The van der Waals surface area contributed by atoms with Crippen molar-refractivity contribution in [2.24, 2.45) is 34.4 Å². The Morgan fingerprint density at radius 3 is 2.65 bits per heavy atom. The monoisotopic (exact) mass is 506 g/mol. The highest BCUT2D eigenvalue weighted by Crippen LogP contribution is 2.57. The summed E-state index contributed by atoms with van der Waals surface area (Å²) >= 11 is 0. The molecule has 0 bridgehead atoms. The largest absolute Gasteiger partial charge is 0.390 e. The third kappa shape index (κ3) is 5.33. The maximum atomic E-state index is 12.4. The van der Waals surface area contributed by atoms with Gasteiger partial charge in [0.1, 0.15) is 0 Å². The third-order valence-electron chi connectivity index (χ3n) is 10.1. The van der Waals surface area contributed by atoms with E-state index in [4.69, 9.17) is 5.73 Å². The van der Waals surface area contributed by atoms with Crippen molar-refractivity contribution in [1.29, 1.82) is 0 Å². The van der Waals surface area contributed by atoms with Gasteiger partial charge in [0.25, 0.3) is 0 Å². The van der Waals surface area contributed by atoms with Crippen molar-refractivity contribution >= 4 is 16.9 Å². The number of aromatic amines is 1. The summed E-state index contributed by atoms with van der Waals surface area (Å²) in [6.07, 6.45) is 11.7. The number of hydrogen-bond donors (Lipinski definition) is 5. The SMILES string of the molecule is C=C(Cc1cc2ccccc2[nH]1)C1CCC(O)(C2CCCCC2)C2CCC(O)(CCNC(N)=NC)C2C1. The molecule has 5 unspecified atom stereocenters. The number of fused-ring (bicyclic) bond motifs is 2. The van der Waals surface area contributed by atoms with Crippen LogP contribution in [0.15, 0.2) is 47.5 Å². The highest BCUT2D eigenvalue weighted by atomic mass is 16.3. The van der Waals surface area contributed by atoms with E-state index in [1.807, 2.05) is 0 Å². The molecule has 0 aliphatic heterocycles. The fourth-order valence-electron chi connectivity index (χ4n) is 8.06. The van der Waals surface area contributed by atoms with E-state index in [1.165, 1.54) is 35.9 Å². The van der Waals surface area contributed by atoms with Crippen LogP contribution in [0.2, 0.25) is 0 Å². The number of guanidine groups is 1. The molecule has 5 rings (SSSR count). The molecular formula is C31H46N4O2. The van der Waals surface area contributed by atoms with Crippen LogP contribution in [0, 0.1) is 23.7 Å². The molecule has 0 spiro atoms. The van der Waals surface area contributed by atoms with E-state index in [-0.39, 0.29) is 17.8 Å². The highest BCUT2D eigenvalue weighted by molar-refractivity contribution is 5.80. The van der Waals surface area contributed by atoms with Crippen LogP contribution in [0.25, 0.3) is 10.9 Å². The molecule has 6 nitrogen and oxygen atoms in total. The molecule has 3 saturated carbocycles. The molecule has 3 fully saturated rings. The molecule has 37 heavy (non-hydrogen) atoms. The van der Waals surface area contributed by atoms with Crippen molar-refractivity contribution in [3.05, 3.63) is 48.2 Å². The number of H-pyrrole nitrogens is 1. The molecule has 3 aliphatic carbocycles. The van der Waals surface area contributed by atoms with E-state index in [0.717, 1.165) is 56.9 Å². The fraction of sp³-hybridized carbons (Fsp3) is 0.645. The van der Waals surface area contributed by atoms with E-state index >= 15 is 0 Å². The zero-order valence-corrected chi connectivity index (χ0v) is 22.5. The van der Waals surface area contributed by atoms with Crippen LogP contribution in [0.1, 0.15) is 76.3 Å². The minimum absolute atomic E-state index is 0.0629. The number of nitrogens with zero attached hydrogens (tertiary/aromatic N) is 1. The lowest BCUT2D eigenvalue weighted by Crippen LogP contribution is -2.49. The van der Waals surface area contributed by atoms with Crippen LogP contribution in [0.4, 0.5) is 0 Å². The molecule has 6 heteroatoms. The standard InChI is InChI=1S/C31H46N4O2/c1-21(18-25-19-23-8-6-7-11-28(23)35-25)22-12-15-31(37,24-9-4-3-5-10-24)26-13-14-30(36,27(26)20-22)16-17-34-29(32)33-2/h6-8,11,19,22,24,26-27,35-37H,1,3-5,9-10,12-18,20H2,2H3,(H3,32,33,34). The molecule has 0 amide bonds. The average molecular weight is 507 g/mol. The number of hydrogen-bond acceptors (Lipinski definition) is 3. The Labute approximate surface area is 221 Å². The number of allylic oxidation sites excluding steroid dienone is 1. The van der Waals surface area contributed by atoms with Crippen molar-refractivity contribution in [1.82, 2.24) is 10.3 Å². The van der Waals surface area contributed by atoms with Gasteiger partial charge in [-0.1, -0.05) is 49.6 Å². The first-order valence-corrected chi connectivity index (χ1v) is 14.5. The van der Waals surface area contributed by atoms with Crippen LogP contribution < -0.4 is 11.1 Å². The fourth-order valence-corrected chi connectivity index (χ4v) is 8.06. The summed E-state index contributed by atoms with van der Waals surface area (Å²) in [5.74, 6) is 1.24. The zero-order chi connectivity index (χ0) is 26.0. The molecule has 1 aromatic heterocycles. The van der Waals surface area contributed by atoms with Gasteiger partial charge < -0.3 is 26.2 Å². The van der Waals surface area contributed by atoms with E-state index in [9.17, 15) is 10.2 Å². The molecule has 2 aromatic rings. The van der Waals surface area contributed by atoms with Crippen molar-refractivity contribution in [2.75, 3.05) is 13.6 Å². The number of aliphatic hydroxyl groups is 2. The second kappa shape index (κ2) is 10.8. The minimum atomic E-state index is -0.807. The first kappa shape index (κ1) is 26.3. The molecule has 1 aromatic carbocycles. The molecule has 202 valence electrons. The Balaban J connectivity index is 1.38. The van der Waals surface area contributed by atoms with E-state index in [1.54, 1.807) is 7.05 Å². The van der Waals surface area contributed by atoms with Crippen LogP contribution in [0.3, 0.4) is 0 Å². The Bertz CT molecular complexity index is 1090. The van der Waals surface area contributed by atoms with E-state index in [0.29, 0.717) is 24.8 Å². The lowest BCUT2D eigenvalue weighted by atomic mass is 9.65. The average Bonchev–Trinajstić information content (AvgIpc) is 3.41. The van der Waals surface area contributed by atoms with Gasteiger partial charge >= 0.3 is 0 Å². The number of benzene rings is 1. The summed E-state index contributed by atoms with van der Waals surface area (Å²) in [7, 11) is 1.67. The van der Waals surface area contributed by atoms with Crippen LogP contribution in [0.5, 0.6) is 0 Å². The number of nitrogens with one attached hydrogen (secondary N) is 2. The maximum Gasteiger partial charge on any atom is 0.188 e. The van der Waals surface area contributed by atoms with Crippen LogP contribution >= 0.6 is 0 Å². The van der Waals surface area contributed by atoms with Gasteiger partial charge in [0.2, 0.25) is 0 Å². The first-order valence-electron chi connectivity index (χ1n) is 14.5. The highest BCUT2D eigenvalue weighted by Gasteiger charge is 2.58. The van der Waals surface area contributed by atoms with Gasteiger partial charge in [-0.15, -0.1) is 0 Å².